The van der Waals surface area contributed by atoms with Gasteiger partial charge >= 0.3 is 0 Å². The molecule has 1 aliphatic rings. The van der Waals surface area contributed by atoms with Gasteiger partial charge in [-0.15, -0.1) is 0 Å². The molecule has 2 aromatic carbocycles. The summed E-state index contributed by atoms with van der Waals surface area (Å²) in [6.07, 6.45) is 0. The minimum Gasteiger partial charge on any atom is -0.482 e. The molecule has 0 bridgehead atoms. The van der Waals surface area contributed by atoms with Gasteiger partial charge in [-0.05, 0) is 36.4 Å². The number of benzene rings is 2. The van der Waals surface area contributed by atoms with Crippen molar-refractivity contribution in [2.24, 2.45) is 0 Å². The van der Waals surface area contributed by atoms with Gasteiger partial charge in [0.15, 0.2) is 6.61 Å². The summed E-state index contributed by atoms with van der Waals surface area (Å²) in [6, 6.07) is 15.2. The Morgan fingerprint density at radius 2 is 1.78 bits per heavy atom. The van der Waals surface area contributed by atoms with Crippen LogP contribution in [0.2, 0.25) is 0 Å². The van der Waals surface area contributed by atoms with Gasteiger partial charge in [0.1, 0.15) is 5.75 Å². The number of rotatable bonds is 1. The van der Waals surface area contributed by atoms with Crippen molar-refractivity contribution in [1.29, 1.82) is 0 Å². The topological polar surface area (TPSA) is 29.5 Å². The Balaban J connectivity index is 2.10. The molecule has 1 aliphatic heterocycles. The fourth-order valence-electron chi connectivity index (χ4n) is 1.98. The second-order valence-electron chi connectivity index (χ2n) is 3.96. The minimum atomic E-state index is -0.0592. The molecule has 18 heavy (non-hydrogen) atoms. The van der Waals surface area contributed by atoms with Crippen molar-refractivity contribution in [3.63, 3.8) is 0 Å². The average Bonchev–Trinajstić information content (AvgIpc) is 2.40. The van der Waals surface area contributed by atoms with Crippen LogP contribution in [-0.2, 0) is 4.79 Å². The average molecular weight is 304 g/mol. The predicted molar refractivity (Wildman–Crippen MR) is 73.2 cm³/mol. The quantitative estimate of drug-likeness (QED) is 0.807. The Kier molecular flexibility index (Phi) is 2.80. The van der Waals surface area contributed by atoms with Crippen molar-refractivity contribution in [1.82, 2.24) is 0 Å². The molecule has 0 unspecified atom stereocenters. The molecule has 4 heteroatoms. The van der Waals surface area contributed by atoms with Crippen LogP contribution in [-0.4, -0.2) is 12.5 Å². The van der Waals surface area contributed by atoms with Crippen LogP contribution in [0.3, 0.4) is 0 Å². The van der Waals surface area contributed by atoms with Gasteiger partial charge in [0.2, 0.25) is 0 Å². The van der Waals surface area contributed by atoms with Crippen molar-refractivity contribution in [2.75, 3.05) is 11.5 Å². The van der Waals surface area contributed by atoms with E-state index in [2.05, 4.69) is 15.9 Å². The Bertz CT molecular complexity index is 595. The zero-order chi connectivity index (χ0) is 12.5. The third-order valence-corrected chi connectivity index (χ3v) is 3.32. The highest BCUT2D eigenvalue weighted by atomic mass is 79.9. The van der Waals surface area contributed by atoms with E-state index in [1.807, 2.05) is 48.5 Å². The number of carbonyl (C=O) groups excluding carboxylic acids is 1. The van der Waals surface area contributed by atoms with Crippen molar-refractivity contribution >= 4 is 33.2 Å². The van der Waals surface area contributed by atoms with E-state index in [0.717, 1.165) is 21.6 Å². The first-order valence-electron chi connectivity index (χ1n) is 5.56. The second-order valence-corrected chi connectivity index (χ2v) is 4.88. The van der Waals surface area contributed by atoms with Crippen molar-refractivity contribution < 1.29 is 9.53 Å². The maximum Gasteiger partial charge on any atom is 0.269 e. The number of hydrogen-bond donors (Lipinski definition) is 0. The number of para-hydroxylation sites is 2. The lowest BCUT2D eigenvalue weighted by molar-refractivity contribution is -0.120. The van der Waals surface area contributed by atoms with Gasteiger partial charge in [0.25, 0.3) is 5.91 Å². The van der Waals surface area contributed by atoms with Gasteiger partial charge in [0.05, 0.1) is 5.69 Å². The van der Waals surface area contributed by atoms with E-state index in [0.29, 0.717) is 0 Å². The number of nitrogens with zero attached hydrogens (tertiary/aromatic N) is 1. The Hall–Kier alpha value is -1.81. The molecule has 0 saturated heterocycles. The van der Waals surface area contributed by atoms with E-state index >= 15 is 0 Å². The number of hydrogen-bond acceptors (Lipinski definition) is 2. The Morgan fingerprint density at radius 1 is 1.06 bits per heavy atom. The van der Waals surface area contributed by atoms with Crippen LogP contribution < -0.4 is 9.64 Å². The van der Waals surface area contributed by atoms with E-state index in [9.17, 15) is 4.79 Å². The largest absolute Gasteiger partial charge is 0.482 e. The van der Waals surface area contributed by atoms with Gasteiger partial charge < -0.3 is 4.74 Å². The fraction of sp³-hybridized carbons (Fsp3) is 0.0714. The molecule has 3 nitrogen and oxygen atoms in total. The molecule has 1 amide bonds. The van der Waals surface area contributed by atoms with Crippen LogP contribution in [0.25, 0.3) is 0 Å². The summed E-state index contributed by atoms with van der Waals surface area (Å²) in [7, 11) is 0. The molecule has 90 valence electrons. The van der Waals surface area contributed by atoms with Crippen LogP contribution in [0.4, 0.5) is 11.4 Å². The van der Waals surface area contributed by atoms with Gasteiger partial charge in [-0.1, -0.05) is 28.1 Å². The number of carbonyl (C=O) groups is 1. The highest BCUT2D eigenvalue weighted by Gasteiger charge is 2.26. The summed E-state index contributed by atoms with van der Waals surface area (Å²) in [5.41, 5.74) is 1.63. The summed E-state index contributed by atoms with van der Waals surface area (Å²) in [5.74, 6) is 0.677. The first-order chi connectivity index (χ1) is 8.75. The van der Waals surface area contributed by atoms with Crippen LogP contribution in [0.15, 0.2) is 53.0 Å². The smallest absolute Gasteiger partial charge is 0.269 e. The highest BCUT2D eigenvalue weighted by Crippen LogP contribution is 2.36. The maximum atomic E-state index is 12.0. The molecule has 2 aromatic rings. The lowest BCUT2D eigenvalue weighted by Crippen LogP contribution is -2.34. The monoisotopic (exact) mass is 303 g/mol. The number of ether oxygens (including phenoxy) is 1. The van der Waals surface area contributed by atoms with E-state index in [4.69, 9.17) is 4.74 Å². The van der Waals surface area contributed by atoms with Gasteiger partial charge in [-0.2, -0.15) is 0 Å². The van der Waals surface area contributed by atoms with E-state index in [-0.39, 0.29) is 12.5 Å². The van der Waals surface area contributed by atoms with Crippen LogP contribution >= 0.6 is 15.9 Å². The molecule has 0 saturated carbocycles. The lowest BCUT2D eigenvalue weighted by Gasteiger charge is -2.29. The summed E-state index contributed by atoms with van der Waals surface area (Å²) in [4.78, 5) is 13.7. The summed E-state index contributed by atoms with van der Waals surface area (Å²) in [5, 5.41) is 0. The zero-order valence-corrected chi connectivity index (χ0v) is 11.1. The molecule has 0 N–H and O–H groups in total. The number of anilines is 2. The predicted octanol–water partition coefficient (Wildman–Crippen LogP) is 3.51. The van der Waals surface area contributed by atoms with Gasteiger partial charge in [-0.25, -0.2) is 0 Å². The second kappa shape index (κ2) is 4.46. The van der Waals surface area contributed by atoms with Crippen LogP contribution in [0.1, 0.15) is 0 Å². The molecule has 0 aliphatic carbocycles. The summed E-state index contributed by atoms with van der Waals surface area (Å²) < 4.78 is 6.40. The molecular weight excluding hydrogens is 294 g/mol. The van der Waals surface area contributed by atoms with Crippen molar-refractivity contribution in [2.45, 2.75) is 0 Å². The molecule has 0 radical (unpaired) electrons. The molecule has 0 spiro atoms. The summed E-state index contributed by atoms with van der Waals surface area (Å²) in [6.45, 7) is 0.0765. The van der Waals surface area contributed by atoms with Gasteiger partial charge in [-0.3, -0.25) is 9.69 Å². The number of amides is 1. The SMILES string of the molecule is O=C1COc2ccccc2N1c1ccc(Br)cc1. The summed E-state index contributed by atoms with van der Waals surface area (Å²) >= 11 is 3.39. The molecular formula is C14H10BrNO2. The third kappa shape index (κ3) is 1.88. The highest BCUT2D eigenvalue weighted by molar-refractivity contribution is 9.10. The van der Waals surface area contributed by atoms with Crippen LogP contribution in [0.5, 0.6) is 5.75 Å². The van der Waals surface area contributed by atoms with Gasteiger partial charge in [0, 0.05) is 10.2 Å². The first kappa shape index (κ1) is 11.3. The third-order valence-electron chi connectivity index (χ3n) is 2.79. The first-order valence-corrected chi connectivity index (χ1v) is 6.35. The lowest BCUT2D eigenvalue weighted by atomic mass is 10.2. The number of halogens is 1. The van der Waals surface area contributed by atoms with E-state index in [1.54, 1.807) is 4.90 Å². The molecule has 0 fully saturated rings. The van der Waals surface area contributed by atoms with Crippen molar-refractivity contribution in [3.05, 3.63) is 53.0 Å². The molecule has 3 rings (SSSR count). The zero-order valence-electron chi connectivity index (χ0n) is 9.47. The standard InChI is InChI=1S/C14H10BrNO2/c15-10-5-7-11(8-6-10)16-12-3-1-2-4-13(12)18-9-14(16)17/h1-8H,9H2. The molecule has 1 heterocycles. The Labute approximate surface area is 113 Å². The molecule has 0 atom stereocenters. The fourth-order valence-corrected chi connectivity index (χ4v) is 2.24. The number of fused-ring (bicyclic) bond motifs is 1. The van der Waals surface area contributed by atoms with E-state index in [1.165, 1.54) is 0 Å². The maximum absolute atomic E-state index is 12.0. The van der Waals surface area contributed by atoms with E-state index < -0.39 is 0 Å². The van der Waals surface area contributed by atoms with Crippen molar-refractivity contribution in [3.8, 4) is 5.75 Å². The minimum absolute atomic E-state index is 0.0592. The normalized spacial score (nSPS) is 14.1. The Morgan fingerprint density at radius 3 is 2.56 bits per heavy atom. The molecule has 0 aromatic heterocycles. The van der Waals surface area contributed by atoms with Crippen LogP contribution in [0, 0.1) is 0 Å².